The van der Waals surface area contributed by atoms with Gasteiger partial charge in [0.05, 0.1) is 19.3 Å². The Kier molecular flexibility index (Phi) is 3.40. The van der Waals surface area contributed by atoms with Crippen LogP contribution in [0.5, 0.6) is 0 Å². The van der Waals surface area contributed by atoms with Gasteiger partial charge in [-0.05, 0) is 6.92 Å². The van der Waals surface area contributed by atoms with Crippen molar-refractivity contribution in [2.45, 2.75) is 13.0 Å². The molecule has 1 fully saturated rings. The summed E-state index contributed by atoms with van der Waals surface area (Å²) in [5.74, 6) is -1.25. The summed E-state index contributed by atoms with van der Waals surface area (Å²) in [5.41, 5.74) is 0. The van der Waals surface area contributed by atoms with Gasteiger partial charge in [-0.1, -0.05) is 0 Å². The molecule has 6 heteroatoms. The molecule has 1 aliphatic heterocycles. The molecule has 0 radical (unpaired) electrons. The van der Waals surface area contributed by atoms with Crippen molar-refractivity contribution in [3.05, 3.63) is 11.6 Å². The highest BCUT2D eigenvalue weighted by atomic mass is 32.1. The lowest BCUT2D eigenvalue weighted by atomic mass is 10.0. The van der Waals surface area contributed by atoms with Gasteiger partial charge in [-0.15, -0.1) is 11.3 Å². The zero-order valence-corrected chi connectivity index (χ0v) is 9.81. The number of aliphatic carboxylic acids is 1. The number of rotatable bonds is 4. The molecule has 0 aromatic carbocycles. The summed E-state index contributed by atoms with van der Waals surface area (Å²) in [6.45, 7) is 3.50. The third-order valence-corrected chi connectivity index (χ3v) is 3.58. The van der Waals surface area contributed by atoms with E-state index in [0.29, 0.717) is 13.2 Å². The van der Waals surface area contributed by atoms with Gasteiger partial charge in [0.25, 0.3) is 0 Å². The highest BCUT2D eigenvalue weighted by Crippen LogP contribution is 2.27. The topological polar surface area (TPSA) is 62.7 Å². The molecule has 0 aliphatic carbocycles. The van der Waals surface area contributed by atoms with Crippen molar-refractivity contribution < 1.29 is 14.6 Å². The Labute approximate surface area is 97.7 Å². The average molecular weight is 242 g/mol. The second-order valence-corrected chi connectivity index (χ2v) is 4.52. The predicted octanol–water partition coefficient (Wildman–Crippen LogP) is 1.07. The van der Waals surface area contributed by atoms with Crippen LogP contribution in [0.4, 0.5) is 5.13 Å². The number of anilines is 1. The first kappa shape index (κ1) is 11.3. The van der Waals surface area contributed by atoms with Crippen LogP contribution >= 0.6 is 11.3 Å². The van der Waals surface area contributed by atoms with Crippen molar-refractivity contribution in [3.63, 3.8) is 0 Å². The number of thiazole rings is 1. The number of carboxylic acids is 1. The zero-order chi connectivity index (χ0) is 11.5. The molecule has 1 aromatic rings. The van der Waals surface area contributed by atoms with Crippen molar-refractivity contribution >= 4 is 22.4 Å². The van der Waals surface area contributed by atoms with Gasteiger partial charge >= 0.3 is 5.97 Å². The lowest BCUT2D eigenvalue weighted by Gasteiger charge is -2.28. The lowest BCUT2D eigenvalue weighted by Crippen LogP contribution is -2.43. The van der Waals surface area contributed by atoms with Crippen LogP contribution < -0.4 is 4.90 Å². The number of likely N-dealkylation sites (N-methyl/N-ethyl adjacent to an activating group) is 1. The third kappa shape index (κ3) is 2.03. The van der Waals surface area contributed by atoms with Crippen molar-refractivity contribution in [2.24, 2.45) is 5.92 Å². The van der Waals surface area contributed by atoms with Gasteiger partial charge in [0.15, 0.2) is 5.13 Å². The summed E-state index contributed by atoms with van der Waals surface area (Å²) in [7, 11) is 0. The normalized spacial score (nSPS) is 24.6. The van der Waals surface area contributed by atoms with Gasteiger partial charge in [0.1, 0.15) is 5.92 Å². The first-order valence-corrected chi connectivity index (χ1v) is 6.08. The van der Waals surface area contributed by atoms with E-state index in [1.165, 1.54) is 11.3 Å². The molecular formula is C10H14N2O3S. The van der Waals surface area contributed by atoms with Crippen LogP contribution in [0.3, 0.4) is 0 Å². The van der Waals surface area contributed by atoms with Crippen LogP contribution in [0.2, 0.25) is 0 Å². The first-order valence-electron chi connectivity index (χ1n) is 5.20. The van der Waals surface area contributed by atoms with Gasteiger partial charge in [-0.25, -0.2) is 4.98 Å². The van der Waals surface area contributed by atoms with Crippen LogP contribution in [0, 0.1) is 5.92 Å². The summed E-state index contributed by atoms with van der Waals surface area (Å²) in [6, 6.07) is -0.103. The minimum Gasteiger partial charge on any atom is -0.481 e. The highest BCUT2D eigenvalue weighted by Gasteiger charge is 2.38. The summed E-state index contributed by atoms with van der Waals surface area (Å²) in [4.78, 5) is 17.3. The number of hydrogen-bond donors (Lipinski definition) is 1. The van der Waals surface area contributed by atoms with Gasteiger partial charge in [0, 0.05) is 18.1 Å². The summed E-state index contributed by atoms with van der Waals surface area (Å²) >= 11 is 1.52. The van der Waals surface area contributed by atoms with Crippen molar-refractivity contribution in [1.82, 2.24) is 4.98 Å². The molecule has 0 amide bonds. The fraction of sp³-hybridized carbons (Fsp3) is 0.600. The minimum absolute atomic E-state index is 0.103. The molecule has 88 valence electrons. The van der Waals surface area contributed by atoms with E-state index in [1.807, 2.05) is 17.2 Å². The second kappa shape index (κ2) is 4.80. The Morgan fingerprint density at radius 3 is 3.12 bits per heavy atom. The van der Waals surface area contributed by atoms with Crippen LogP contribution in [0.15, 0.2) is 11.6 Å². The maximum atomic E-state index is 11.1. The van der Waals surface area contributed by atoms with Crippen LogP contribution in [0.1, 0.15) is 6.92 Å². The first-order chi connectivity index (χ1) is 7.74. The standard InChI is InChI=1S/C10H14N2O3S/c1-2-12(10-11-3-4-16-10)8-6-15-5-7(8)9(13)14/h3-4,7-8H,2,5-6H2,1H3,(H,13,14). The monoisotopic (exact) mass is 242 g/mol. The molecule has 2 atom stereocenters. The molecule has 2 unspecified atom stereocenters. The van der Waals surface area contributed by atoms with E-state index in [1.54, 1.807) is 6.20 Å². The predicted molar refractivity (Wildman–Crippen MR) is 60.9 cm³/mol. The van der Waals surface area contributed by atoms with E-state index in [4.69, 9.17) is 9.84 Å². The van der Waals surface area contributed by atoms with E-state index in [9.17, 15) is 4.79 Å². The van der Waals surface area contributed by atoms with E-state index in [-0.39, 0.29) is 6.04 Å². The van der Waals surface area contributed by atoms with E-state index in [2.05, 4.69) is 4.98 Å². The number of carboxylic acid groups (broad SMARTS) is 1. The quantitative estimate of drug-likeness (QED) is 0.855. The molecule has 0 spiro atoms. The van der Waals surface area contributed by atoms with Gasteiger partial charge in [-0.2, -0.15) is 0 Å². The number of hydrogen-bond acceptors (Lipinski definition) is 5. The molecule has 0 bridgehead atoms. The smallest absolute Gasteiger partial charge is 0.311 e. The molecule has 1 saturated heterocycles. The fourth-order valence-electron chi connectivity index (χ4n) is 1.96. The fourth-order valence-corrected chi connectivity index (χ4v) is 2.72. The average Bonchev–Trinajstić information content (AvgIpc) is 2.88. The van der Waals surface area contributed by atoms with Crippen LogP contribution in [0.25, 0.3) is 0 Å². The van der Waals surface area contributed by atoms with Crippen LogP contribution in [-0.2, 0) is 9.53 Å². The van der Waals surface area contributed by atoms with Gasteiger partial charge < -0.3 is 14.7 Å². The van der Waals surface area contributed by atoms with Crippen molar-refractivity contribution in [2.75, 3.05) is 24.7 Å². The number of ether oxygens (including phenoxy) is 1. The molecule has 1 aromatic heterocycles. The maximum absolute atomic E-state index is 11.1. The summed E-state index contributed by atoms with van der Waals surface area (Å²) in [5, 5.41) is 11.9. The Bertz CT molecular complexity index is 355. The van der Waals surface area contributed by atoms with Gasteiger partial charge in [-0.3, -0.25) is 4.79 Å². The van der Waals surface area contributed by atoms with E-state index >= 15 is 0 Å². The number of aromatic nitrogens is 1. The Balaban J connectivity index is 2.18. The van der Waals surface area contributed by atoms with Gasteiger partial charge in [0.2, 0.25) is 0 Å². The number of nitrogens with zero attached hydrogens (tertiary/aromatic N) is 2. The SMILES string of the molecule is CCN(c1nccs1)C1COCC1C(=O)O. The summed E-state index contributed by atoms with van der Waals surface area (Å²) in [6.07, 6.45) is 1.73. The lowest BCUT2D eigenvalue weighted by molar-refractivity contribution is -0.141. The molecular weight excluding hydrogens is 228 g/mol. The van der Waals surface area contributed by atoms with Crippen molar-refractivity contribution in [1.29, 1.82) is 0 Å². The third-order valence-electron chi connectivity index (χ3n) is 2.77. The molecule has 0 saturated carbocycles. The Morgan fingerprint density at radius 2 is 2.56 bits per heavy atom. The van der Waals surface area contributed by atoms with E-state index < -0.39 is 11.9 Å². The molecule has 5 nitrogen and oxygen atoms in total. The summed E-state index contributed by atoms with van der Waals surface area (Å²) < 4.78 is 5.27. The zero-order valence-electron chi connectivity index (χ0n) is 9.00. The van der Waals surface area contributed by atoms with Crippen LogP contribution in [-0.4, -0.2) is 41.9 Å². The molecule has 1 aliphatic rings. The highest BCUT2D eigenvalue weighted by molar-refractivity contribution is 7.13. The maximum Gasteiger partial charge on any atom is 0.311 e. The second-order valence-electron chi connectivity index (χ2n) is 3.65. The molecule has 1 N–H and O–H groups in total. The minimum atomic E-state index is -0.794. The largest absolute Gasteiger partial charge is 0.481 e. The van der Waals surface area contributed by atoms with E-state index in [0.717, 1.165) is 11.7 Å². The Morgan fingerprint density at radius 1 is 1.75 bits per heavy atom. The molecule has 2 heterocycles. The number of carbonyl (C=O) groups is 1. The Hall–Kier alpha value is -1.14. The molecule has 16 heavy (non-hydrogen) atoms. The molecule has 2 rings (SSSR count). The van der Waals surface area contributed by atoms with Crippen molar-refractivity contribution in [3.8, 4) is 0 Å².